The summed E-state index contributed by atoms with van der Waals surface area (Å²) in [5, 5.41) is 0. The molecule has 1 amide bonds. The van der Waals surface area contributed by atoms with Crippen LogP contribution in [0, 0.1) is 6.92 Å². The molecule has 0 aliphatic rings. The van der Waals surface area contributed by atoms with Gasteiger partial charge in [0.05, 0.1) is 7.11 Å². The van der Waals surface area contributed by atoms with Crippen LogP contribution in [0.1, 0.15) is 5.56 Å². The third-order valence-electron chi connectivity index (χ3n) is 2.10. The van der Waals surface area contributed by atoms with Gasteiger partial charge in [0.2, 0.25) is 5.91 Å². The van der Waals surface area contributed by atoms with Gasteiger partial charge in [-0.1, -0.05) is 6.07 Å². The number of hydrogen-bond acceptors (Lipinski definition) is 4. The zero-order valence-corrected chi connectivity index (χ0v) is 9.40. The Bertz CT molecular complexity index is 379. The van der Waals surface area contributed by atoms with E-state index in [-0.39, 0.29) is 6.61 Å². The molecule has 0 spiro atoms. The highest BCUT2D eigenvalue weighted by atomic mass is 16.5. The van der Waals surface area contributed by atoms with E-state index < -0.39 is 11.9 Å². The molecule has 0 bridgehead atoms. The topological polar surface area (TPSA) is 87.6 Å². The second-order valence-electron chi connectivity index (χ2n) is 3.47. The van der Waals surface area contributed by atoms with Gasteiger partial charge in [0.1, 0.15) is 12.6 Å². The van der Waals surface area contributed by atoms with Crippen LogP contribution in [-0.2, 0) is 4.79 Å². The molecule has 1 atom stereocenters. The molecule has 0 saturated carbocycles. The van der Waals surface area contributed by atoms with Gasteiger partial charge in [0, 0.05) is 0 Å². The summed E-state index contributed by atoms with van der Waals surface area (Å²) in [5.74, 6) is 0.563. The molecule has 0 saturated heterocycles. The number of aryl methyl sites for hydroxylation is 1. The largest absolute Gasteiger partial charge is 0.493 e. The summed E-state index contributed by atoms with van der Waals surface area (Å²) in [6.45, 7) is 1.98. The van der Waals surface area contributed by atoms with E-state index >= 15 is 0 Å². The van der Waals surface area contributed by atoms with Crippen LogP contribution in [0.5, 0.6) is 11.5 Å². The van der Waals surface area contributed by atoms with Crippen LogP contribution in [-0.4, -0.2) is 25.7 Å². The number of methoxy groups -OCH3 is 1. The van der Waals surface area contributed by atoms with E-state index in [1.807, 2.05) is 19.1 Å². The Morgan fingerprint density at radius 2 is 2.12 bits per heavy atom. The molecule has 0 radical (unpaired) electrons. The van der Waals surface area contributed by atoms with Crippen molar-refractivity contribution in [3.8, 4) is 11.5 Å². The van der Waals surface area contributed by atoms with E-state index in [4.69, 9.17) is 20.9 Å². The smallest absolute Gasteiger partial charge is 0.237 e. The molecule has 0 heterocycles. The van der Waals surface area contributed by atoms with Crippen molar-refractivity contribution < 1.29 is 14.3 Å². The maximum Gasteiger partial charge on any atom is 0.237 e. The van der Waals surface area contributed by atoms with Gasteiger partial charge in [0.25, 0.3) is 0 Å². The highest BCUT2D eigenvalue weighted by molar-refractivity contribution is 5.79. The third kappa shape index (κ3) is 3.13. The Morgan fingerprint density at radius 1 is 1.44 bits per heavy atom. The van der Waals surface area contributed by atoms with Gasteiger partial charge >= 0.3 is 0 Å². The number of amides is 1. The number of nitrogens with two attached hydrogens (primary N) is 2. The molecular formula is C11H16N2O3. The first-order chi connectivity index (χ1) is 7.54. The molecule has 1 aromatic carbocycles. The minimum Gasteiger partial charge on any atom is -0.493 e. The van der Waals surface area contributed by atoms with Crippen molar-refractivity contribution in [1.82, 2.24) is 0 Å². The summed E-state index contributed by atoms with van der Waals surface area (Å²) < 4.78 is 10.5. The fourth-order valence-electron chi connectivity index (χ4n) is 1.16. The Kier molecular flexibility index (Phi) is 4.13. The number of hydrogen-bond donors (Lipinski definition) is 2. The molecule has 88 valence electrons. The van der Waals surface area contributed by atoms with Gasteiger partial charge in [-0.3, -0.25) is 4.79 Å². The monoisotopic (exact) mass is 224 g/mol. The van der Waals surface area contributed by atoms with E-state index in [1.165, 1.54) is 0 Å². The van der Waals surface area contributed by atoms with Crippen molar-refractivity contribution in [2.75, 3.05) is 13.7 Å². The average Bonchev–Trinajstić information content (AvgIpc) is 2.26. The van der Waals surface area contributed by atoms with Gasteiger partial charge in [-0.15, -0.1) is 0 Å². The van der Waals surface area contributed by atoms with E-state index in [0.29, 0.717) is 11.5 Å². The van der Waals surface area contributed by atoms with Crippen molar-refractivity contribution in [3.05, 3.63) is 23.8 Å². The van der Waals surface area contributed by atoms with Crippen molar-refractivity contribution in [1.29, 1.82) is 0 Å². The van der Waals surface area contributed by atoms with Gasteiger partial charge in [0.15, 0.2) is 11.5 Å². The number of benzene rings is 1. The molecule has 0 aromatic heterocycles. The zero-order chi connectivity index (χ0) is 12.1. The molecule has 1 rings (SSSR count). The standard InChI is InChI=1S/C11H16N2O3/c1-7-3-4-9(10(5-7)15-2)16-6-8(12)11(13)14/h3-5,8H,6,12H2,1-2H3,(H2,13,14). The van der Waals surface area contributed by atoms with Crippen LogP contribution in [0.2, 0.25) is 0 Å². The first-order valence-electron chi connectivity index (χ1n) is 4.87. The quantitative estimate of drug-likeness (QED) is 0.747. The molecule has 1 unspecified atom stereocenters. The van der Waals surface area contributed by atoms with Gasteiger partial charge in [-0.2, -0.15) is 0 Å². The van der Waals surface area contributed by atoms with Crippen LogP contribution >= 0.6 is 0 Å². The van der Waals surface area contributed by atoms with E-state index in [0.717, 1.165) is 5.56 Å². The van der Waals surface area contributed by atoms with Crippen LogP contribution in [0.4, 0.5) is 0 Å². The Hall–Kier alpha value is -1.75. The van der Waals surface area contributed by atoms with Crippen LogP contribution in [0.3, 0.4) is 0 Å². The molecule has 4 N–H and O–H groups in total. The maximum absolute atomic E-state index is 10.7. The van der Waals surface area contributed by atoms with Gasteiger partial charge in [-0.05, 0) is 24.6 Å². The number of carbonyl (C=O) groups excluding carboxylic acids is 1. The second-order valence-corrected chi connectivity index (χ2v) is 3.47. The predicted octanol–water partition coefficient (Wildman–Crippen LogP) is 0.195. The fourth-order valence-corrected chi connectivity index (χ4v) is 1.16. The van der Waals surface area contributed by atoms with E-state index in [2.05, 4.69) is 0 Å². The SMILES string of the molecule is COc1cc(C)ccc1OCC(N)C(N)=O. The van der Waals surface area contributed by atoms with Crippen molar-refractivity contribution >= 4 is 5.91 Å². The lowest BCUT2D eigenvalue weighted by atomic mass is 10.2. The summed E-state index contributed by atoms with van der Waals surface area (Å²) >= 11 is 0. The van der Waals surface area contributed by atoms with Crippen molar-refractivity contribution in [3.63, 3.8) is 0 Å². The lowest BCUT2D eigenvalue weighted by Gasteiger charge is -2.13. The van der Waals surface area contributed by atoms with Crippen molar-refractivity contribution in [2.24, 2.45) is 11.5 Å². The number of carbonyl (C=O) groups is 1. The molecule has 0 aliphatic carbocycles. The minimum absolute atomic E-state index is 0.0365. The van der Waals surface area contributed by atoms with Gasteiger partial charge < -0.3 is 20.9 Å². The maximum atomic E-state index is 10.7. The van der Waals surface area contributed by atoms with Crippen LogP contribution < -0.4 is 20.9 Å². The highest BCUT2D eigenvalue weighted by Crippen LogP contribution is 2.27. The van der Waals surface area contributed by atoms with Crippen LogP contribution in [0.15, 0.2) is 18.2 Å². The molecule has 5 nitrogen and oxygen atoms in total. The molecule has 16 heavy (non-hydrogen) atoms. The predicted molar refractivity (Wildman–Crippen MR) is 60.4 cm³/mol. The second kappa shape index (κ2) is 5.37. The molecule has 1 aromatic rings. The zero-order valence-electron chi connectivity index (χ0n) is 9.40. The number of primary amides is 1. The molecule has 5 heteroatoms. The minimum atomic E-state index is -0.814. The summed E-state index contributed by atoms with van der Waals surface area (Å²) in [6.07, 6.45) is 0. The lowest BCUT2D eigenvalue weighted by molar-refractivity contribution is -0.119. The number of rotatable bonds is 5. The van der Waals surface area contributed by atoms with Crippen LogP contribution in [0.25, 0.3) is 0 Å². The Labute approximate surface area is 94.3 Å². The molecule has 0 fully saturated rings. The first-order valence-corrected chi connectivity index (χ1v) is 4.87. The van der Waals surface area contributed by atoms with E-state index in [1.54, 1.807) is 13.2 Å². The lowest BCUT2D eigenvalue weighted by Crippen LogP contribution is -2.41. The Balaban J connectivity index is 2.70. The number of ether oxygens (including phenoxy) is 2. The summed E-state index contributed by atoms with van der Waals surface area (Å²) in [7, 11) is 1.55. The Morgan fingerprint density at radius 3 is 2.69 bits per heavy atom. The fraction of sp³-hybridized carbons (Fsp3) is 0.364. The highest BCUT2D eigenvalue weighted by Gasteiger charge is 2.11. The van der Waals surface area contributed by atoms with Gasteiger partial charge in [-0.25, -0.2) is 0 Å². The van der Waals surface area contributed by atoms with Crippen molar-refractivity contribution in [2.45, 2.75) is 13.0 Å². The van der Waals surface area contributed by atoms with E-state index in [9.17, 15) is 4.79 Å². The molecular weight excluding hydrogens is 208 g/mol. The third-order valence-corrected chi connectivity index (χ3v) is 2.10. The normalized spacial score (nSPS) is 11.9. The summed E-state index contributed by atoms with van der Waals surface area (Å²) in [4.78, 5) is 10.7. The average molecular weight is 224 g/mol. The summed E-state index contributed by atoms with van der Waals surface area (Å²) in [6, 6.07) is 4.67. The first kappa shape index (κ1) is 12.3. The molecule has 0 aliphatic heterocycles. The summed E-state index contributed by atoms with van der Waals surface area (Å²) in [5.41, 5.74) is 11.5.